The van der Waals surface area contributed by atoms with E-state index in [1.807, 2.05) is 6.92 Å². The zero-order chi connectivity index (χ0) is 17.1. The van der Waals surface area contributed by atoms with E-state index >= 15 is 0 Å². The van der Waals surface area contributed by atoms with Crippen LogP contribution in [0.25, 0.3) is 0 Å². The zero-order valence-electron chi connectivity index (χ0n) is 16.1. The number of allylic oxidation sites excluding steroid dienone is 1. The first-order chi connectivity index (χ1) is 11.4. The second-order valence-electron chi connectivity index (χ2n) is 9.96. The van der Waals surface area contributed by atoms with Gasteiger partial charge in [0.15, 0.2) is 0 Å². The molecule has 0 aromatic rings. The number of aliphatic hydroxyl groups excluding tert-OH is 1. The molecule has 3 fully saturated rings. The van der Waals surface area contributed by atoms with E-state index in [0.29, 0.717) is 22.8 Å². The summed E-state index contributed by atoms with van der Waals surface area (Å²) in [5.41, 5.74) is 2.61. The van der Waals surface area contributed by atoms with E-state index in [9.17, 15) is 5.11 Å². The van der Waals surface area contributed by atoms with E-state index in [1.54, 1.807) is 5.57 Å². The molecule has 4 rings (SSSR count). The molecule has 0 heterocycles. The fraction of sp³-hybridized carbons (Fsp3) is 0.909. The van der Waals surface area contributed by atoms with Gasteiger partial charge in [-0.05, 0) is 99.8 Å². The molecule has 0 bridgehead atoms. The van der Waals surface area contributed by atoms with Crippen molar-refractivity contribution in [2.45, 2.75) is 84.3 Å². The van der Waals surface area contributed by atoms with Crippen molar-refractivity contribution in [3.8, 4) is 0 Å². The Hall–Kier alpha value is -0.340. The first-order valence-corrected chi connectivity index (χ1v) is 10.4. The average molecular weight is 332 g/mol. The summed E-state index contributed by atoms with van der Waals surface area (Å²) < 4.78 is 0. The highest BCUT2D eigenvalue weighted by molar-refractivity contribution is 5.25. The molecule has 2 nitrogen and oxygen atoms in total. The third-order valence-corrected chi connectivity index (χ3v) is 9.17. The summed E-state index contributed by atoms with van der Waals surface area (Å²) in [5.74, 6) is 3.13. The van der Waals surface area contributed by atoms with Crippen molar-refractivity contribution in [1.82, 2.24) is 5.32 Å². The molecule has 4 aliphatic rings. The van der Waals surface area contributed by atoms with Crippen LogP contribution in [-0.4, -0.2) is 24.3 Å². The maximum absolute atomic E-state index is 10.3. The van der Waals surface area contributed by atoms with Crippen molar-refractivity contribution in [3.05, 3.63) is 11.6 Å². The average Bonchev–Trinajstić information content (AvgIpc) is 2.91. The van der Waals surface area contributed by atoms with Crippen molar-refractivity contribution in [1.29, 1.82) is 0 Å². The molecule has 0 amide bonds. The minimum Gasteiger partial charge on any atom is -0.393 e. The summed E-state index contributed by atoms with van der Waals surface area (Å²) in [5, 5.41) is 13.8. The molecule has 0 aromatic carbocycles. The quantitative estimate of drug-likeness (QED) is 0.728. The highest BCUT2D eigenvalue weighted by Crippen LogP contribution is 2.66. The van der Waals surface area contributed by atoms with Crippen LogP contribution < -0.4 is 5.32 Å². The Morgan fingerprint density at radius 2 is 1.92 bits per heavy atom. The number of hydrogen-bond donors (Lipinski definition) is 2. The van der Waals surface area contributed by atoms with Crippen LogP contribution >= 0.6 is 0 Å². The topological polar surface area (TPSA) is 32.3 Å². The third kappa shape index (κ3) is 2.28. The van der Waals surface area contributed by atoms with Gasteiger partial charge in [0.1, 0.15) is 0 Å². The maximum atomic E-state index is 10.3. The number of rotatable bonds is 2. The predicted octanol–water partition coefficient (Wildman–Crippen LogP) is 4.53. The molecule has 0 aromatic heterocycles. The maximum Gasteiger partial charge on any atom is 0.0545 e. The van der Waals surface area contributed by atoms with Crippen molar-refractivity contribution >= 4 is 0 Å². The number of fused-ring (bicyclic) bond motifs is 5. The van der Waals surface area contributed by atoms with Gasteiger partial charge in [0.05, 0.1) is 6.10 Å². The Labute approximate surface area is 148 Å². The van der Waals surface area contributed by atoms with Gasteiger partial charge in [0.25, 0.3) is 0 Å². The second kappa shape index (κ2) is 5.84. The van der Waals surface area contributed by atoms with E-state index < -0.39 is 0 Å². The van der Waals surface area contributed by atoms with Crippen LogP contribution in [0.4, 0.5) is 0 Å². The molecule has 0 spiro atoms. The van der Waals surface area contributed by atoms with Gasteiger partial charge in [-0.3, -0.25) is 0 Å². The van der Waals surface area contributed by atoms with Crippen LogP contribution in [-0.2, 0) is 0 Å². The summed E-state index contributed by atoms with van der Waals surface area (Å²) in [6.45, 7) is 7.13. The van der Waals surface area contributed by atoms with Crippen LogP contribution in [0.1, 0.15) is 72.1 Å². The summed E-state index contributed by atoms with van der Waals surface area (Å²) in [6.07, 6.45) is 13.1. The van der Waals surface area contributed by atoms with E-state index in [0.717, 1.165) is 17.8 Å². The standard InChI is InChI=1S/C22H37NO/c1-14(24)18-7-8-19-17-6-5-15-13-16(23-4)9-11-21(15,2)20(17)10-12-22(18,19)3/h5,14,16-20,23-24H,6-13H2,1-4H3/t14?,16-,17-,18+,19-,20-,21-,22+/m0/s1. The Morgan fingerprint density at radius 3 is 2.62 bits per heavy atom. The molecule has 0 saturated heterocycles. The lowest BCUT2D eigenvalue weighted by Crippen LogP contribution is -2.51. The lowest BCUT2D eigenvalue weighted by Gasteiger charge is -2.58. The summed E-state index contributed by atoms with van der Waals surface area (Å²) >= 11 is 0. The van der Waals surface area contributed by atoms with Gasteiger partial charge in [0, 0.05) is 6.04 Å². The zero-order valence-corrected chi connectivity index (χ0v) is 16.1. The fourth-order valence-corrected chi connectivity index (χ4v) is 7.74. The third-order valence-electron chi connectivity index (χ3n) is 9.17. The van der Waals surface area contributed by atoms with Gasteiger partial charge in [-0.1, -0.05) is 25.5 Å². The molecular weight excluding hydrogens is 294 g/mol. The molecule has 24 heavy (non-hydrogen) atoms. The normalized spacial score (nSPS) is 52.0. The molecule has 4 aliphatic carbocycles. The molecule has 1 unspecified atom stereocenters. The highest BCUT2D eigenvalue weighted by Gasteiger charge is 2.59. The van der Waals surface area contributed by atoms with E-state index in [4.69, 9.17) is 0 Å². The second-order valence-corrected chi connectivity index (χ2v) is 9.96. The molecule has 136 valence electrons. The molecule has 0 radical (unpaired) electrons. The van der Waals surface area contributed by atoms with Crippen LogP contribution in [0.15, 0.2) is 11.6 Å². The highest BCUT2D eigenvalue weighted by atomic mass is 16.3. The molecule has 3 saturated carbocycles. The summed E-state index contributed by atoms with van der Waals surface area (Å²) in [4.78, 5) is 0. The lowest BCUT2D eigenvalue weighted by atomic mass is 9.47. The van der Waals surface area contributed by atoms with Crippen LogP contribution in [0.2, 0.25) is 0 Å². The Balaban J connectivity index is 1.62. The van der Waals surface area contributed by atoms with Crippen LogP contribution in [0.5, 0.6) is 0 Å². The van der Waals surface area contributed by atoms with Gasteiger partial charge in [-0.2, -0.15) is 0 Å². The van der Waals surface area contributed by atoms with Crippen molar-refractivity contribution < 1.29 is 5.11 Å². The molecular formula is C22H37NO. The fourth-order valence-electron chi connectivity index (χ4n) is 7.74. The monoisotopic (exact) mass is 331 g/mol. The smallest absolute Gasteiger partial charge is 0.0545 e. The molecule has 2 heteroatoms. The van der Waals surface area contributed by atoms with Crippen molar-refractivity contribution in [3.63, 3.8) is 0 Å². The first kappa shape index (κ1) is 17.1. The Kier molecular flexibility index (Phi) is 4.16. The Morgan fingerprint density at radius 1 is 1.12 bits per heavy atom. The molecule has 8 atom stereocenters. The van der Waals surface area contributed by atoms with E-state index in [-0.39, 0.29) is 6.10 Å². The minimum absolute atomic E-state index is 0.132. The predicted molar refractivity (Wildman–Crippen MR) is 99.7 cm³/mol. The SMILES string of the molecule is CN[C@H]1CC[C@@]2(C)C(=CC[C@H]3[C@@H]4CC[C@H](C(C)O)[C@@]4(C)CC[C@@H]32)C1. The summed E-state index contributed by atoms with van der Waals surface area (Å²) in [6, 6.07) is 0.695. The number of aliphatic hydroxyl groups is 1. The van der Waals surface area contributed by atoms with E-state index in [2.05, 4.69) is 32.3 Å². The van der Waals surface area contributed by atoms with Gasteiger partial charge >= 0.3 is 0 Å². The first-order valence-electron chi connectivity index (χ1n) is 10.4. The lowest BCUT2D eigenvalue weighted by molar-refractivity contribution is -0.0630. The molecule has 0 aliphatic heterocycles. The van der Waals surface area contributed by atoms with Gasteiger partial charge in [-0.15, -0.1) is 0 Å². The summed E-state index contributed by atoms with van der Waals surface area (Å²) in [7, 11) is 2.13. The van der Waals surface area contributed by atoms with Gasteiger partial charge in [-0.25, -0.2) is 0 Å². The van der Waals surface area contributed by atoms with Crippen LogP contribution in [0.3, 0.4) is 0 Å². The number of nitrogens with one attached hydrogen (secondary N) is 1. The van der Waals surface area contributed by atoms with Gasteiger partial charge < -0.3 is 10.4 Å². The largest absolute Gasteiger partial charge is 0.393 e. The van der Waals surface area contributed by atoms with Gasteiger partial charge in [0.2, 0.25) is 0 Å². The molecule has 2 N–H and O–H groups in total. The Bertz CT molecular complexity index is 526. The van der Waals surface area contributed by atoms with Crippen molar-refractivity contribution in [2.75, 3.05) is 7.05 Å². The van der Waals surface area contributed by atoms with Crippen LogP contribution in [0, 0.1) is 34.5 Å². The van der Waals surface area contributed by atoms with E-state index in [1.165, 1.54) is 51.4 Å². The minimum atomic E-state index is -0.132. The van der Waals surface area contributed by atoms with Crippen molar-refractivity contribution in [2.24, 2.45) is 34.5 Å². The number of hydrogen-bond acceptors (Lipinski definition) is 2.